The van der Waals surface area contributed by atoms with Gasteiger partial charge in [-0.25, -0.2) is 0 Å². The summed E-state index contributed by atoms with van der Waals surface area (Å²) >= 11 is 0. The number of aliphatic hydroxyl groups excluding tert-OH is 16. The quantitative estimate of drug-likeness (QED) is 0.0450. The normalized spacial score (nSPS) is 47.8. The van der Waals surface area contributed by atoms with Crippen molar-refractivity contribution in [2.24, 2.45) is 0 Å². The van der Waals surface area contributed by atoms with Crippen LogP contribution in [0.25, 0.3) is 0 Å². The van der Waals surface area contributed by atoms with Crippen LogP contribution in [0.4, 0.5) is 0 Å². The van der Waals surface area contributed by atoms with Crippen molar-refractivity contribution < 1.29 is 139 Å². The maximum Gasteiger partial charge on any atom is 0.187 e. The zero-order valence-electron chi connectivity index (χ0n) is 45.3. The molecule has 16 N–H and O–H groups in total. The van der Waals surface area contributed by atoms with Gasteiger partial charge in [0.15, 0.2) is 37.7 Å². The lowest BCUT2D eigenvalue weighted by Gasteiger charge is -2.47. The first-order chi connectivity index (χ1) is 37.3. The van der Waals surface area contributed by atoms with Gasteiger partial charge in [-0.2, -0.15) is 0 Å². The summed E-state index contributed by atoms with van der Waals surface area (Å²) in [4.78, 5) is 0. The number of ether oxygens (including phenoxy) is 12. The number of rotatable bonds is 22. The zero-order valence-corrected chi connectivity index (χ0v) is 45.3. The molecular formula is C51H86O28. The first kappa shape index (κ1) is 66.2. The number of allylic oxidation sites excluding steroid dienone is 4. The molecule has 6 heterocycles. The van der Waals surface area contributed by atoms with Gasteiger partial charge in [-0.3, -0.25) is 0 Å². The van der Waals surface area contributed by atoms with E-state index in [1.165, 1.54) is 27.7 Å². The van der Waals surface area contributed by atoms with Gasteiger partial charge in [-0.1, -0.05) is 34.9 Å². The Balaban J connectivity index is 0.919. The monoisotopic (exact) mass is 1150 g/mol. The fraction of sp³-hybridized carbons (Fsp3) is 0.882. The summed E-state index contributed by atoms with van der Waals surface area (Å²) in [6.07, 6.45) is -36.0. The first-order valence-corrected chi connectivity index (χ1v) is 26.8. The lowest BCUT2D eigenvalue weighted by atomic mass is 9.96. The van der Waals surface area contributed by atoms with E-state index in [0.29, 0.717) is 25.7 Å². The van der Waals surface area contributed by atoms with Crippen LogP contribution in [0.5, 0.6) is 0 Å². The predicted molar refractivity (Wildman–Crippen MR) is 264 cm³/mol. The smallest absolute Gasteiger partial charge is 0.187 e. The van der Waals surface area contributed by atoms with Crippen LogP contribution in [0, 0.1) is 0 Å². The largest absolute Gasteiger partial charge is 0.394 e. The minimum absolute atomic E-state index is 0.0191. The molecule has 6 fully saturated rings. The Morgan fingerprint density at radius 2 is 0.684 bits per heavy atom. The number of aliphatic hydroxyl groups is 16. The van der Waals surface area contributed by atoms with E-state index in [2.05, 4.69) is 6.08 Å². The highest BCUT2D eigenvalue weighted by molar-refractivity contribution is 5.07. The predicted octanol–water partition coefficient (Wildman–Crippen LogP) is -5.57. The van der Waals surface area contributed by atoms with Crippen LogP contribution in [0.1, 0.15) is 74.1 Å². The highest BCUT2D eigenvalue weighted by atomic mass is 16.8. The second-order valence-corrected chi connectivity index (χ2v) is 21.4. The van der Waals surface area contributed by atoms with Gasteiger partial charge in [-0.15, -0.1) is 0 Å². The highest BCUT2D eigenvalue weighted by Gasteiger charge is 2.55. The molecular weight excluding hydrogens is 1060 g/mol. The summed E-state index contributed by atoms with van der Waals surface area (Å²) in [5, 5.41) is 170. The maximum absolute atomic E-state index is 11.3. The SMILES string of the molecule is C/C(=C\CC/C(C)=C/COC1OC(CO)C(O)C(OC2OC(C)C(OC3OC(C)C(O)C(O)C3O)C(O)C2O)C1O)CC/C=C(\C)COC1OC(CO)C(O)C(OC2OC(C)C(OC3OC(C)C(O)C(O)C3O)C(O)C2O)C1O. The third-order valence-electron chi connectivity index (χ3n) is 15.2. The zero-order chi connectivity index (χ0) is 58.3. The topological polar surface area (TPSA) is 434 Å². The standard InChI is InChI=1S/C51H86O28/c1-19(11-9-13-21(3)18-69-47-41(67)45(31(57)27(17-53)75-47)79-51-39(65)35(61)43(25(7)73-51)77-49-37(63)33(59)29(55)23(5)71-49)10-8-12-20(2)14-15-68-46-40(66)44(30(56)26(16-52)74-46)78-50-38(64)34(60)42(24(6)72-50)76-48-36(62)32(58)28(54)22(4)70-48/h10,13-14,22-67H,8-9,11-12,15-18H2,1-7H3/b19-10+,20-14+,21-13+. The molecule has 6 rings (SSSR count). The van der Waals surface area contributed by atoms with Gasteiger partial charge in [0.25, 0.3) is 0 Å². The van der Waals surface area contributed by atoms with Crippen molar-refractivity contribution >= 4 is 0 Å². The van der Waals surface area contributed by atoms with E-state index in [4.69, 9.17) is 56.8 Å². The molecule has 458 valence electrons. The van der Waals surface area contributed by atoms with E-state index >= 15 is 0 Å². The van der Waals surface area contributed by atoms with Crippen molar-refractivity contribution in [3.05, 3.63) is 34.9 Å². The molecule has 30 atom stereocenters. The molecule has 30 unspecified atom stereocenters. The van der Waals surface area contributed by atoms with Crippen molar-refractivity contribution in [1.29, 1.82) is 0 Å². The van der Waals surface area contributed by atoms with Crippen LogP contribution in [0.15, 0.2) is 34.9 Å². The van der Waals surface area contributed by atoms with Gasteiger partial charge in [0, 0.05) is 0 Å². The fourth-order valence-corrected chi connectivity index (χ4v) is 10.0. The van der Waals surface area contributed by atoms with Gasteiger partial charge < -0.3 is 139 Å². The Morgan fingerprint density at radius 3 is 1.09 bits per heavy atom. The van der Waals surface area contributed by atoms with Gasteiger partial charge in [0.2, 0.25) is 0 Å². The van der Waals surface area contributed by atoms with E-state index in [-0.39, 0.29) is 13.2 Å². The van der Waals surface area contributed by atoms with Crippen molar-refractivity contribution in [3.63, 3.8) is 0 Å². The van der Waals surface area contributed by atoms with Gasteiger partial charge in [0.05, 0.1) is 50.8 Å². The minimum Gasteiger partial charge on any atom is -0.394 e. The van der Waals surface area contributed by atoms with Crippen LogP contribution >= 0.6 is 0 Å². The maximum atomic E-state index is 11.3. The Labute approximate surface area is 457 Å². The van der Waals surface area contributed by atoms with Crippen LogP contribution < -0.4 is 0 Å². The van der Waals surface area contributed by atoms with Gasteiger partial charge >= 0.3 is 0 Å². The molecule has 0 aliphatic carbocycles. The molecule has 0 amide bonds. The van der Waals surface area contributed by atoms with Crippen molar-refractivity contribution in [3.8, 4) is 0 Å². The van der Waals surface area contributed by atoms with E-state index in [1.807, 2.05) is 19.9 Å². The van der Waals surface area contributed by atoms with E-state index < -0.39 is 197 Å². The third kappa shape index (κ3) is 16.1. The summed E-state index contributed by atoms with van der Waals surface area (Å²) in [5.74, 6) is 0. The molecule has 0 aromatic heterocycles. The first-order valence-electron chi connectivity index (χ1n) is 26.8. The second kappa shape index (κ2) is 29.8. The Morgan fingerprint density at radius 1 is 0.342 bits per heavy atom. The summed E-state index contributed by atoms with van der Waals surface area (Å²) < 4.78 is 68.5. The van der Waals surface area contributed by atoms with Crippen LogP contribution in [0.2, 0.25) is 0 Å². The third-order valence-corrected chi connectivity index (χ3v) is 15.2. The van der Waals surface area contributed by atoms with Crippen molar-refractivity contribution in [1.82, 2.24) is 0 Å². The number of hydrogen-bond donors (Lipinski definition) is 16. The van der Waals surface area contributed by atoms with Crippen molar-refractivity contribution in [2.75, 3.05) is 26.4 Å². The van der Waals surface area contributed by atoms with Gasteiger partial charge in [0.1, 0.15) is 122 Å². The molecule has 6 aliphatic rings. The molecule has 0 aromatic carbocycles. The highest BCUT2D eigenvalue weighted by Crippen LogP contribution is 2.35. The molecule has 28 heteroatoms. The lowest BCUT2D eigenvalue weighted by molar-refractivity contribution is -0.375. The summed E-state index contributed by atoms with van der Waals surface area (Å²) in [7, 11) is 0. The Bertz CT molecular complexity index is 1950. The van der Waals surface area contributed by atoms with Crippen LogP contribution in [0.3, 0.4) is 0 Å². The van der Waals surface area contributed by atoms with Gasteiger partial charge in [-0.05, 0) is 74.1 Å². The summed E-state index contributed by atoms with van der Waals surface area (Å²) in [5.41, 5.74) is 2.81. The van der Waals surface area contributed by atoms with Crippen LogP contribution in [-0.2, 0) is 56.8 Å². The second-order valence-electron chi connectivity index (χ2n) is 21.4. The molecule has 0 radical (unpaired) electrons. The lowest BCUT2D eigenvalue weighted by Crippen LogP contribution is -2.65. The molecule has 28 nitrogen and oxygen atoms in total. The Hall–Kier alpha value is -1.90. The molecule has 0 spiro atoms. The minimum atomic E-state index is -1.83. The molecule has 6 aliphatic heterocycles. The van der Waals surface area contributed by atoms with Crippen LogP contribution in [-0.4, -0.2) is 292 Å². The fourth-order valence-electron chi connectivity index (χ4n) is 10.0. The summed E-state index contributed by atoms with van der Waals surface area (Å²) in [6.45, 7) is 10.0. The Kier molecular flexibility index (Phi) is 25.0. The summed E-state index contributed by atoms with van der Waals surface area (Å²) in [6, 6.07) is 0. The molecule has 0 aromatic rings. The van der Waals surface area contributed by atoms with Crippen molar-refractivity contribution in [2.45, 2.75) is 258 Å². The van der Waals surface area contributed by atoms with E-state index in [0.717, 1.165) is 16.7 Å². The average Bonchev–Trinajstić information content (AvgIpc) is 3.41. The molecule has 6 saturated heterocycles. The molecule has 0 saturated carbocycles. The average molecular weight is 1150 g/mol. The van der Waals surface area contributed by atoms with E-state index in [1.54, 1.807) is 13.0 Å². The number of hydrogen-bond acceptors (Lipinski definition) is 28. The molecule has 79 heavy (non-hydrogen) atoms. The molecule has 0 bridgehead atoms. The van der Waals surface area contributed by atoms with E-state index in [9.17, 15) is 81.7 Å².